The minimum atomic E-state index is 1.02. The third kappa shape index (κ3) is 2.25. The molecule has 0 saturated heterocycles. The van der Waals surface area contributed by atoms with E-state index in [1.165, 1.54) is 22.3 Å². The third-order valence-corrected chi connectivity index (χ3v) is 3.73. The molecule has 0 bridgehead atoms. The highest BCUT2D eigenvalue weighted by molar-refractivity contribution is 5.65. The zero-order valence-electron chi connectivity index (χ0n) is 12.1. The fraction of sp³-hybridized carbons (Fsp3) is 0.167. The van der Waals surface area contributed by atoms with Crippen LogP contribution in [-0.4, -0.2) is 9.78 Å². The molecule has 3 rings (SSSR count). The lowest BCUT2D eigenvalue weighted by atomic mass is 9.99. The van der Waals surface area contributed by atoms with Gasteiger partial charge >= 0.3 is 0 Å². The zero-order chi connectivity index (χ0) is 14.1. The molecule has 0 amide bonds. The molecular weight excluding hydrogens is 244 g/mol. The Morgan fingerprint density at radius 1 is 0.800 bits per heavy atom. The molecule has 0 aliphatic rings. The average Bonchev–Trinajstić information content (AvgIpc) is 2.93. The molecule has 0 N–H and O–H groups in total. The SMILES string of the molecule is Cc1cc(C)c(-c2ccn(-c3ccccc3)n2)cc1C. The predicted molar refractivity (Wildman–Crippen MR) is 83.2 cm³/mol. The molecule has 2 heteroatoms. The van der Waals surface area contributed by atoms with Gasteiger partial charge in [-0.1, -0.05) is 24.3 Å². The fourth-order valence-electron chi connectivity index (χ4n) is 2.43. The maximum atomic E-state index is 4.70. The summed E-state index contributed by atoms with van der Waals surface area (Å²) in [5.41, 5.74) is 7.22. The van der Waals surface area contributed by atoms with Crippen molar-refractivity contribution in [1.82, 2.24) is 9.78 Å². The first kappa shape index (κ1) is 12.7. The number of hydrogen-bond donors (Lipinski definition) is 0. The maximum absolute atomic E-state index is 4.70. The van der Waals surface area contributed by atoms with Crippen LogP contribution >= 0.6 is 0 Å². The zero-order valence-corrected chi connectivity index (χ0v) is 12.1. The van der Waals surface area contributed by atoms with Crippen molar-refractivity contribution < 1.29 is 0 Å². The summed E-state index contributed by atoms with van der Waals surface area (Å²) in [5.74, 6) is 0. The van der Waals surface area contributed by atoms with Crippen LogP contribution in [0.1, 0.15) is 16.7 Å². The Kier molecular flexibility index (Phi) is 3.15. The summed E-state index contributed by atoms with van der Waals surface area (Å²) in [6.45, 7) is 6.43. The van der Waals surface area contributed by atoms with Crippen LogP contribution in [0.2, 0.25) is 0 Å². The molecule has 1 aromatic heterocycles. The molecule has 3 aromatic rings. The summed E-state index contributed by atoms with van der Waals surface area (Å²) in [6, 6.07) is 16.7. The van der Waals surface area contributed by atoms with Gasteiger partial charge in [0.15, 0.2) is 0 Å². The Labute approximate surface area is 119 Å². The number of aryl methyl sites for hydroxylation is 3. The highest BCUT2D eigenvalue weighted by Crippen LogP contribution is 2.25. The van der Waals surface area contributed by atoms with Crippen LogP contribution in [0, 0.1) is 20.8 Å². The lowest BCUT2D eigenvalue weighted by molar-refractivity contribution is 0.884. The fourth-order valence-corrected chi connectivity index (χ4v) is 2.43. The van der Waals surface area contributed by atoms with Gasteiger partial charge < -0.3 is 0 Å². The Balaban J connectivity index is 2.05. The largest absolute Gasteiger partial charge is 0.240 e. The van der Waals surface area contributed by atoms with Gasteiger partial charge in [0.25, 0.3) is 0 Å². The van der Waals surface area contributed by atoms with Gasteiger partial charge in [-0.25, -0.2) is 4.68 Å². The molecule has 0 aliphatic heterocycles. The Morgan fingerprint density at radius 3 is 2.25 bits per heavy atom. The minimum Gasteiger partial charge on any atom is -0.240 e. The number of hydrogen-bond acceptors (Lipinski definition) is 1. The number of rotatable bonds is 2. The second-order valence-corrected chi connectivity index (χ2v) is 5.23. The van der Waals surface area contributed by atoms with Gasteiger partial charge in [-0.2, -0.15) is 5.10 Å². The van der Waals surface area contributed by atoms with E-state index in [0.29, 0.717) is 0 Å². The normalized spacial score (nSPS) is 10.8. The number of aromatic nitrogens is 2. The summed E-state index contributed by atoms with van der Waals surface area (Å²) >= 11 is 0. The minimum absolute atomic E-state index is 1.02. The van der Waals surface area contributed by atoms with Crippen LogP contribution in [0.3, 0.4) is 0 Å². The van der Waals surface area contributed by atoms with E-state index in [1.54, 1.807) is 0 Å². The van der Waals surface area contributed by atoms with Gasteiger partial charge in [-0.05, 0) is 61.7 Å². The van der Waals surface area contributed by atoms with E-state index in [2.05, 4.69) is 51.1 Å². The Bertz CT molecular complexity index is 739. The molecule has 0 radical (unpaired) electrons. The quantitative estimate of drug-likeness (QED) is 0.666. The number of nitrogens with zero attached hydrogens (tertiary/aromatic N) is 2. The first-order valence-corrected chi connectivity index (χ1v) is 6.84. The van der Waals surface area contributed by atoms with Gasteiger partial charge in [-0.3, -0.25) is 0 Å². The Morgan fingerprint density at radius 2 is 1.50 bits per heavy atom. The number of benzene rings is 2. The summed E-state index contributed by atoms with van der Waals surface area (Å²) in [7, 11) is 0. The van der Waals surface area contributed by atoms with Crippen molar-refractivity contribution in [3.8, 4) is 16.9 Å². The van der Waals surface area contributed by atoms with Crippen LogP contribution in [-0.2, 0) is 0 Å². The lowest BCUT2D eigenvalue weighted by Gasteiger charge is -2.07. The molecule has 2 aromatic carbocycles. The third-order valence-electron chi connectivity index (χ3n) is 3.73. The summed E-state index contributed by atoms with van der Waals surface area (Å²) in [5, 5.41) is 4.70. The van der Waals surface area contributed by atoms with Crippen molar-refractivity contribution in [1.29, 1.82) is 0 Å². The lowest BCUT2D eigenvalue weighted by Crippen LogP contribution is -1.95. The highest BCUT2D eigenvalue weighted by Gasteiger charge is 2.08. The van der Waals surface area contributed by atoms with Crippen molar-refractivity contribution in [3.05, 3.63) is 71.4 Å². The van der Waals surface area contributed by atoms with Crippen LogP contribution in [0.25, 0.3) is 16.9 Å². The second kappa shape index (κ2) is 4.97. The molecule has 0 saturated carbocycles. The van der Waals surface area contributed by atoms with E-state index in [-0.39, 0.29) is 0 Å². The maximum Gasteiger partial charge on any atom is 0.0930 e. The van der Waals surface area contributed by atoms with Gasteiger partial charge in [-0.15, -0.1) is 0 Å². The molecule has 0 aliphatic carbocycles. The number of para-hydroxylation sites is 1. The molecule has 0 atom stereocenters. The van der Waals surface area contributed by atoms with Crippen molar-refractivity contribution in [2.75, 3.05) is 0 Å². The second-order valence-electron chi connectivity index (χ2n) is 5.23. The van der Waals surface area contributed by atoms with Crippen molar-refractivity contribution in [3.63, 3.8) is 0 Å². The standard InChI is InChI=1S/C18H18N2/c1-13-11-15(3)17(12-14(13)2)18-9-10-20(19-18)16-7-5-4-6-8-16/h4-12H,1-3H3. The van der Waals surface area contributed by atoms with E-state index in [9.17, 15) is 0 Å². The van der Waals surface area contributed by atoms with Crippen LogP contribution in [0.5, 0.6) is 0 Å². The smallest absolute Gasteiger partial charge is 0.0930 e. The molecule has 2 nitrogen and oxygen atoms in total. The van der Waals surface area contributed by atoms with Gasteiger partial charge in [0.05, 0.1) is 11.4 Å². The summed E-state index contributed by atoms with van der Waals surface area (Å²) in [4.78, 5) is 0. The molecule has 0 fully saturated rings. The van der Waals surface area contributed by atoms with Crippen molar-refractivity contribution >= 4 is 0 Å². The van der Waals surface area contributed by atoms with Gasteiger partial charge in [0.2, 0.25) is 0 Å². The first-order chi connectivity index (χ1) is 9.65. The van der Waals surface area contributed by atoms with Crippen LogP contribution < -0.4 is 0 Å². The molecule has 20 heavy (non-hydrogen) atoms. The van der Waals surface area contributed by atoms with Crippen LogP contribution in [0.4, 0.5) is 0 Å². The first-order valence-electron chi connectivity index (χ1n) is 6.84. The average molecular weight is 262 g/mol. The van der Waals surface area contributed by atoms with Gasteiger partial charge in [0, 0.05) is 11.8 Å². The molecule has 0 spiro atoms. The molecule has 100 valence electrons. The van der Waals surface area contributed by atoms with E-state index in [0.717, 1.165) is 11.4 Å². The van der Waals surface area contributed by atoms with Crippen molar-refractivity contribution in [2.24, 2.45) is 0 Å². The molecule has 1 heterocycles. The highest BCUT2D eigenvalue weighted by atomic mass is 15.3. The monoisotopic (exact) mass is 262 g/mol. The van der Waals surface area contributed by atoms with Crippen molar-refractivity contribution in [2.45, 2.75) is 20.8 Å². The Hall–Kier alpha value is -2.35. The predicted octanol–water partition coefficient (Wildman–Crippen LogP) is 4.46. The summed E-state index contributed by atoms with van der Waals surface area (Å²) in [6.07, 6.45) is 2.01. The summed E-state index contributed by atoms with van der Waals surface area (Å²) < 4.78 is 1.92. The van der Waals surface area contributed by atoms with E-state index in [1.807, 2.05) is 29.1 Å². The topological polar surface area (TPSA) is 17.8 Å². The van der Waals surface area contributed by atoms with E-state index >= 15 is 0 Å². The van der Waals surface area contributed by atoms with Crippen LogP contribution in [0.15, 0.2) is 54.7 Å². The molecular formula is C18H18N2. The van der Waals surface area contributed by atoms with E-state index < -0.39 is 0 Å². The van der Waals surface area contributed by atoms with E-state index in [4.69, 9.17) is 5.10 Å². The molecule has 0 unspecified atom stereocenters. The van der Waals surface area contributed by atoms with Gasteiger partial charge in [0.1, 0.15) is 0 Å².